The number of hydrogen-bond donors (Lipinski definition) is 1. The van der Waals surface area contributed by atoms with Crippen LogP contribution in [0, 0.1) is 28.4 Å². The molecule has 0 fully saturated rings. The third-order valence-corrected chi connectivity index (χ3v) is 4.83. The minimum atomic E-state index is -0.751. The molecule has 12 nitrogen and oxygen atoms in total. The van der Waals surface area contributed by atoms with Crippen molar-refractivity contribution in [1.29, 1.82) is 5.26 Å². The fourth-order valence-electron chi connectivity index (χ4n) is 2.99. The maximum Gasteiger partial charge on any atom is 0.300 e. The molecule has 0 saturated carbocycles. The van der Waals surface area contributed by atoms with E-state index in [-0.39, 0.29) is 52.9 Å². The molecule has 0 saturated heterocycles. The van der Waals surface area contributed by atoms with Crippen LogP contribution in [-0.2, 0) is 11.3 Å². The lowest BCUT2D eigenvalue weighted by molar-refractivity contribution is -0.384. The maximum absolute atomic E-state index is 13.0. The second kappa shape index (κ2) is 10.2. The quantitative estimate of drug-likeness (QED) is 0.373. The Balaban J connectivity index is 2.58. The van der Waals surface area contributed by atoms with Crippen molar-refractivity contribution in [2.75, 3.05) is 20.2 Å². The Bertz CT molecular complexity index is 1180. The molecule has 0 bridgehead atoms. The van der Waals surface area contributed by atoms with E-state index in [9.17, 15) is 30.1 Å². The summed E-state index contributed by atoms with van der Waals surface area (Å²) in [7, 11) is 1.36. The van der Waals surface area contributed by atoms with Crippen LogP contribution in [0.2, 0.25) is 0 Å². The normalized spacial score (nSPS) is 10.7. The maximum atomic E-state index is 13.0. The number of hydrogen-bond acceptors (Lipinski definition) is 9. The van der Waals surface area contributed by atoms with Crippen LogP contribution < -0.4 is 10.3 Å². The summed E-state index contributed by atoms with van der Waals surface area (Å²) in [5.74, 6) is -0.514. The predicted octanol–water partition coefficient (Wildman–Crippen LogP) is 2.93. The number of benzene rings is 1. The number of rotatable bonds is 8. The molecule has 168 valence electrons. The molecule has 0 aliphatic carbocycles. The molecule has 1 aromatic heterocycles. The highest BCUT2D eigenvalue weighted by Gasteiger charge is 2.21. The first-order valence-electron chi connectivity index (χ1n) is 9.52. The van der Waals surface area contributed by atoms with Crippen LogP contribution in [0.5, 0.6) is 11.6 Å². The van der Waals surface area contributed by atoms with Gasteiger partial charge in [0.05, 0.1) is 18.1 Å². The number of pyridine rings is 1. The number of methoxy groups -OCH3 is 1. The average Bonchev–Trinajstić information content (AvgIpc) is 2.76. The molecule has 1 amide bonds. The molecule has 12 heteroatoms. The van der Waals surface area contributed by atoms with Crippen molar-refractivity contribution in [1.82, 2.24) is 9.47 Å². The number of azo groups is 1. The largest absolute Gasteiger partial charge is 0.496 e. The van der Waals surface area contributed by atoms with E-state index in [1.165, 1.54) is 38.0 Å². The van der Waals surface area contributed by atoms with Crippen molar-refractivity contribution in [2.24, 2.45) is 10.2 Å². The minimum Gasteiger partial charge on any atom is -0.496 e. The Labute approximate surface area is 183 Å². The molecular formula is C20H22N6O6. The molecule has 2 rings (SSSR count). The van der Waals surface area contributed by atoms with Crippen molar-refractivity contribution in [2.45, 2.75) is 27.3 Å². The van der Waals surface area contributed by atoms with Crippen molar-refractivity contribution >= 4 is 23.0 Å². The lowest BCUT2D eigenvalue weighted by atomic mass is 10.1. The number of ether oxygens (including phenoxy) is 1. The zero-order valence-electron chi connectivity index (χ0n) is 18.0. The van der Waals surface area contributed by atoms with Gasteiger partial charge in [-0.25, -0.2) is 0 Å². The highest BCUT2D eigenvalue weighted by Crippen LogP contribution is 2.33. The van der Waals surface area contributed by atoms with Crippen LogP contribution >= 0.6 is 0 Å². The van der Waals surface area contributed by atoms with Gasteiger partial charge in [-0.05, 0) is 26.0 Å². The number of carbonyl (C=O) groups is 1. The molecule has 0 spiro atoms. The van der Waals surface area contributed by atoms with Gasteiger partial charge in [0.1, 0.15) is 17.4 Å². The van der Waals surface area contributed by atoms with Crippen molar-refractivity contribution in [3.05, 3.63) is 49.8 Å². The number of aromatic nitrogens is 1. The Morgan fingerprint density at radius 2 is 2.09 bits per heavy atom. The van der Waals surface area contributed by atoms with Gasteiger partial charge in [0, 0.05) is 32.1 Å². The van der Waals surface area contributed by atoms with Gasteiger partial charge in [0.2, 0.25) is 11.8 Å². The summed E-state index contributed by atoms with van der Waals surface area (Å²) in [5.41, 5.74) is -1.63. The third-order valence-electron chi connectivity index (χ3n) is 4.83. The molecular weight excluding hydrogens is 420 g/mol. The van der Waals surface area contributed by atoms with Gasteiger partial charge in [-0.15, -0.1) is 10.2 Å². The number of carbonyl (C=O) groups excluding carboxylic acids is 1. The van der Waals surface area contributed by atoms with Gasteiger partial charge in [-0.2, -0.15) is 5.26 Å². The van der Waals surface area contributed by atoms with Gasteiger partial charge in [0.15, 0.2) is 11.4 Å². The summed E-state index contributed by atoms with van der Waals surface area (Å²) in [6, 6.07) is 5.75. The number of aromatic hydroxyl groups is 1. The van der Waals surface area contributed by atoms with E-state index in [0.717, 1.165) is 10.6 Å². The first-order valence-corrected chi connectivity index (χ1v) is 9.52. The molecule has 1 heterocycles. The lowest BCUT2D eigenvalue weighted by Gasteiger charge is -2.20. The molecule has 1 aromatic carbocycles. The molecule has 1 N–H and O–H groups in total. The van der Waals surface area contributed by atoms with Crippen LogP contribution in [0.25, 0.3) is 0 Å². The van der Waals surface area contributed by atoms with Crippen LogP contribution in [0.3, 0.4) is 0 Å². The summed E-state index contributed by atoms with van der Waals surface area (Å²) in [5, 5.41) is 38.9. The third kappa shape index (κ3) is 4.89. The Hall–Kier alpha value is -4.27. The minimum absolute atomic E-state index is 0.0741. The monoisotopic (exact) mass is 442 g/mol. The standard InChI is InChI=1S/C20H22N6O6/c1-5-24(13(3)27)8-9-25-19(28)15(11-21)12(2)18(20(25)29)23-22-16-7-6-14(32-4)10-17(16)26(30)31/h6-7,10,28H,5,8-9H2,1-4H3. The molecule has 0 aliphatic rings. The van der Waals surface area contributed by atoms with Crippen LogP contribution in [0.4, 0.5) is 17.1 Å². The van der Waals surface area contributed by atoms with Crippen LogP contribution in [0.1, 0.15) is 25.0 Å². The van der Waals surface area contributed by atoms with Crippen molar-refractivity contribution in [3.8, 4) is 17.7 Å². The average molecular weight is 442 g/mol. The zero-order chi connectivity index (χ0) is 24.0. The van der Waals surface area contributed by atoms with Gasteiger partial charge >= 0.3 is 0 Å². The van der Waals surface area contributed by atoms with Gasteiger partial charge < -0.3 is 14.7 Å². The molecule has 0 unspecified atom stereocenters. The molecule has 0 atom stereocenters. The number of nitriles is 1. The Morgan fingerprint density at radius 3 is 2.62 bits per heavy atom. The SMILES string of the molecule is CCN(CCn1c(O)c(C#N)c(C)c(N=Nc2ccc(OC)cc2[N+](=O)[O-])c1=O)C(C)=O. The summed E-state index contributed by atoms with van der Waals surface area (Å²) >= 11 is 0. The summed E-state index contributed by atoms with van der Waals surface area (Å²) in [6.07, 6.45) is 0. The first-order chi connectivity index (χ1) is 15.2. The van der Waals surface area contributed by atoms with Gasteiger partial charge in [-0.1, -0.05) is 0 Å². The highest BCUT2D eigenvalue weighted by atomic mass is 16.6. The zero-order valence-corrected chi connectivity index (χ0v) is 18.0. The molecule has 32 heavy (non-hydrogen) atoms. The van der Waals surface area contributed by atoms with E-state index < -0.39 is 16.4 Å². The number of amides is 1. The van der Waals surface area contributed by atoms with E-state index in [1.54, 1.807) is 6.92 Å². The molecule has 0 radical (unpaired) electrons. The van der Waals surface area contributed by atoms with E-state index >= 15 is 0 Å². The van der Waals surface area contributed by atoms with Crippen LogP contribution in [0.15, 0.2) is 33.2 Å². The number of nitrogens with zero attached hydrogens (tertiary/aromatic N) is 6. The van der Waals surface area contributed by atoms with Gasteiger partial charge in [-0.3, -0.25) is 24.3 Å². The molecule has 2 aromatic rings. The highest BCUT2D eigenvalue weighted by molar-refractivity contribution is 5.73. The molecule has 0 aliphatic heterocycles. The lowest BCUT2D eigenvalue weighted by Crippen LogP contribution is -2.34. The van der Waals surface area contributed by atoms with E-state index in [1.807, 2.05) is 6.07 Å². The fourth-order valence-corrected chi connectivity index (χ4v) is 2.99. The topological polar surface area (TPSA) is 163 Å². The van der Waals surface area contributed by atoms with E-state index in [4.69, 9.17) is 4.74 Å². The number of nitro benzene ring substituents is 1. The fraction of sp³-hybridized carbons (Fsp3) is 0.350. The van der Waals surface area contributed by atoms with Gasteiger partial charge in [0.25, 0.3) is 11.2 Å². The number of nitro groups is 1. The van der Waals surface area contributed by atoms with Crippen molar-refractivity contribution in [3.63, 3.8) is 0 Å². The first kappa shape index (κ1) is 24.0. The summed E-state index contributed by atoms with van der Waals surface area (Å²) in [4.78, 5) is 36.7. The Kier molecular flexibility index (Phi) is 7.62. The predicted molar refractivity (Wildman–Crippen MR) is 114 cm³/mol. The smallest absolute Gasteiger partial charge is 0.300 e. The van der Waals surface area contributed by atoms with Crippen LogP contribution in [-0.4, -0.2) is 45.6 Å². The summed E-state index contributed by atoms with van der Waals surface area (Å²) in [6.45, 7) is 4.99. The van der Waals surface area contributed by atoms with E-state index in [0.29, 0.717) is 6.54 Å². The second-order valence-electron chi connectivity index (χ2n) is 6.65. The second-order valence-corrected chi connectivity index (χ2v) is 6.65. The Morgan fingerprint density at radius 1 is 1.41 bits per heavy atom. The number of likely N-dealkylation sites (N-methyl/N-ethyl adjacent to an activating group) is 1. The van der Waals surface area contributed by atoms with Crippen molar-refractivity contribution < 1.29 is 19.6 Å². The summed E-state index contributed by atoms with van der Waals surface area (Å²) < 4.78 is 5.90. The van der Waals surface area contributed by atoms with E-state index in [2.05, 4.69) is 10.2 Å².